The van der Waals surface area contributed by atoms with Gasteiger partial charge >= 0.3 is 6.09 Å². The first-order valence-electron chi connectivity index (χ1n) is 6.23. The van der Waals surface area contributed by atoms with Crippen LogP contribution >= 0.6 is 0 Å². The predicted molar refractivity (Wildman–Crippen MR) is 73.2 cm³/mol. The molecule has 1 aromatic rings. The standard InChI is InChI=1S/C14H20N2O2/c1-9-10-7-8-15-12(10)6-5-11(9)16-13(17)18-14(2,3)4/h5-6,15H,7-8H2,1-4H3,(H,16,17). The molecule has 1 amide bonds. The minimum atomic E-state index is -0.476. The highest BCUT2D eigenvalue weighted by molar-refractivity contribution is 5.87. The Bertz CT molecular complexity index is 475. The Morgan fingerprint density at radius 2 is 2.11 bits per heavy atom. The van der Waals surface area contributed by atoms with E-state index < -0.39 is 11.7 Å². The number of anilines is 2. The Hall–Kier alpha value is -1.71. The quantitative estimate of drug-likeness (QED) is 0.801. The summed E-state index contributed by atoms with van der Waals surface area (Å²) in [6.07, 6.45) is 0.599. The highest BCUT2D eigenvalue weighted by Gasteiger charge is 2.19. The number of ether oxygens (including phenoxy) is 1. The van der Waals surface area contributed by atoms with Crippen LogP contribution in [0.5, 0.6) is 0 Å². The molecule has 2 N–H and O–H groups in total. The molecule has 98 valence electrons. The molecule has 0 atom stereocenters. The molecular weight excluding hydrogens is 228 g/mol. The number of nitrogens with one attached hydrogen (secondary N) is 2. The highest BCUT2D eigenvalue weighted by atomic mass is 16.6. The fourth-order valence-electron chi connectivity index (χ4n) is 2.12. The molecule has 0 saturated carbocycles. The molecule has 1 aromatic carbocycles. The molecule has 0 fully saturated rings. The molecule has 0 unspecified atom stereocenters. The summed E-state index contributed by atoms with van der Waals surface area (Å²) < 4.78 is 5.25. The van der Waals surface area contributed by atoms with Crippen LogP contribution in [-0.2, 0) is 11.2 Å². The first-order valence-corrected chi connectivity index (χ1v) is 6.23. The van der Waals surface area contributed by atoms with Crippen molar-refractivity contribution in [2.75, 3.05) is 17.2 Å². The van der Waals surface area contributed by atoms with Crippen LogP contribution in [0, 0.1) is 6.92 Å². The van der Waals surface area contributed by atoms with Crippen molar-refractivity contribution in [3.05, 3.63) is 23.3 Å². The first kappa shape index (κ1) is 12.7. The molecule has 0 bridgehead atoms. The molecule has 2 rings (SSSR count). The van der Waals surface area contributed by atoms with Gasteiger partial charge in [-0.1, -0.05) is 0 Å². The van der Waals surface area contributed by atoms with Gasteiger partial charge in [-0.05, 0) is 57.4 Å². The molecule has 18 heavy (non-hydrogen) atoms. The fourth-order valence-corrected chi connectivity index (χ4v) is 2.12. The zero-order valence-electron chi connectivity index (χ0n) is 11.4. The third kappa shape index (κ3) is 2.75. The largest absolute Gasteiger partial charge is 0.444 e. The summed E-state index contributed by atoms with van der Waals surface area (Å²) in [5.74, 6) is 0. The molecule has 0 aliphatic carbocycles. The zero-order chi connectivity index (χ0) is 13.3. The van der Waals surface area contributed by atoms with Gasteiger partial charge < -0.3 is 10.1 Å². The van der Waals surface area contributed by atoms with Crippen molar-refractivity contribution < 1.29 is 9.53 Å². The molecule has 0 radical (unpaired) electrons. The maximum atomic E-state index is 11.7. The van der Waals surface area contributed by atoms with Crippen molar-refractivity contribution in [2.45, 2.75) is 39.7 Å². The molecule has 4 nitrogen and oxygen atoms in total. The molecule has 0 aromatic heterocycles. The van der Waals surface area contributed by atoms with E-state index in [1.165, 1.54) is 11.3 Å². The van der Waals surface area contributed by atoms with E-state index >= 15 is 0 Å². The van der Waals surface area contributed by atoms with Gasteiger partial charge in [0.1, 0.15) is 5.60 Å². The van der Waals surface area contributed by atoms with E-state index in [-0.39, 0.29) is 0 Å². The lowest BCUT2D eigenvalue weighted by Gasteiger charge is -2.20. The SMILES string of the molecule is Cc1c(NC(=O)OC(C)(C)C)ccc2c1CCN2. The lowest BCUT2D eigenvalue weighted by atomic mass is 10.0. The summed E-state index contributed by atoms with van der Waals surface area (Å²) in [6.45, 7) is 8.55. The number of benzene rings is 1. The maximum Gasteiger partial charge on any atom is 0.412 e. The van der Waals surface area contributed by atoms with Gasteiger partial charge in [0.05, 0.1) is 0 Å². The van der Waals surface area contributed by atoms with Crippen molar-refractivity contribution in [3.63, 3.8) is 0 Å². The summed E-state index contributed by atoms with van der Waals surface area (Å²) in [4.78, 5) is 11.7. The number of hydrogen-bond donors (Lipinski definition) is 2. The third-order valence-corrected chi connectivity index (χ3v) is 2.92. The molecule has 4 heteroatoms. The van der Waals surface area contributed by atoms with E-state index in [9.17, 15) is 4.79 Å². The minimum absolute atomic E-state index is 0.406. The van der Waals surface area contributed by atoms with Gasteiger partial charge in [0.25, 0.3) is 0 Å². The summed E-state index contributed by atoms with van der Waals surface area (Å²) in [6, 6.07) is 3.92. The molecular formula is C14H20N2O2. The lowest BCUT2D eigenvalue weighted by molar-refractivity contribution is 0.0636. The summed E-state index contributed by atoms with van der Waals surface area (Å²) in [5, 5.41) is 6.12. The maximum absolute atomic E-state index is 11.7. The highest BCUT2D eigenvalue weighted by Crippen LogP contribution is 2.30. The minimum Gasteiger partial charge on any atom is -0.444 e. The molecule has 1 aliphatic rings. The van der Waals surface area contributed by atoms with Crippen molar-refractivity contribution in [1.29, 1.82) is 0 Å². The van der Waals surface area contributed by atoms with Crippen LogP contribution in [0.15, 0.2) is 12.1 Å². The van der Waals surface area contributed by atoms with Gasteiger partial charge in [0.15, 0.2) is 0 Å². The van der Waals surface area contributed by atoms with E-state index in [1.54, 1.807) is 0 Å². The van der Waals surface area contributed by atoms with Crippen LogP contribution in [0.1, 0.15) is 31.9 Å². The lowest BCUT2D eigenvalue weighted by Crippen LogP contribution is -2.27. The normalized spacial score (nSPS) is 13.8. The van der Waals surface area contributed by atoms with E-state index in [0.717, 1.165) is 24.2 Å². The van der Waals surface area contributed by atoms with E-state index in [4.69, 9.17) is 4.74 Å². The number of hydrogen-bond acceptors (Lipinski definition) is 3. The second kappa shape index (κ2) is 4.52. The van der Waals surface area contributed by atoms with Crippen molar-refractivity contribution in [1.82, 2.24) is 0 Å². The summed E-state index contributed by atoms with van der Waals surface area (Å²) in [7, 11) is 0. The second-order valence-electron chi connectivity index (χ2n) is 5.57. The number of fused-ring (bicyclic) bond motifs is 1. The van der Waals surface area contributed by atoms with Gasteiger partial charge in [-0.25, -0.2) is 4.79 Å². The number of carbonyl (C=O) groups is 1. The zero-order valence-corrected chi connectivity index (χ0v) is 11.4. The van der Waals surface area contributed by atoms with Crippen LogP contribution in [0.4, 0.5) is 16.2 Å². The smallest absolute Gasteiger partial charge is 0.412 e. The van der Waals surface area contributed by atoms with Gasteiger partial charge in [-0.15, -0.1) is 0 Å². The van der Waals surface area contributed by atoms with Crippen LogP contribution in [-0.4, -0.2) is 18.2 Å². The van der Waals surface area contributed by atoms with Crippen molar-refractivity contribution in [3.8, 4) is 0 Å². The van der Waals surface area contributed by atoms with Gasteiger partial charge in [0, 0.05) is 17.9 Å². The Balaban J connectivity index is 2.13. The fraction of sp³-hybridized carbons (Fsp3) is 0.500. The Morgan fingerprint density at radius 3 is 2.78 bits per heavy atom. The average molecular weight is 248 g/mol. The Kier molecular flexibility index (Phi) is 3.20. The topological polar surface area (TPSA) is 50.4 Å². The van der Waals surface area contributed by atoms with Crippen molar-refractivity contribution >= 4 is 17.5 Å². The van der Waals surface area contributed by atoms with Crippen LogP contribution in [0.3, 0.4) is 0 Å². The van der Waals surface area contributed by atoms with Crippen LogP contribution < -0.4 is 10.6 Å². The van der Waals surface area contributed by atoms with Crippen LogP contribution in [0.25, 0.3) is 0 Å². The number of amides is 1. The van der Waals surface area contributed by atoms with E-state index in [1.807, 2.05) is 39.8 Å². The summed E-state index contributed by atoms with van der Waals surface area (Å²) >= 11 is 0. The molecule has 1 aliphatic heterocycles. The van der Waals surface area contributed by atoms with Gasteiger partial charge in [-0.3, -0.25) is 5.32 Å². The second-order valence-corrected chi connectivity index (χ2v) is 5.57. The monoisotopic (exact) mass is 248 g/mol. The third-order valence-electron chi connectivity index (χ3n) is 2.92. The number of carbonyl (C=O) groups excluding carboxylic acids is 1. The average Bonchev–Trinajstić information content (AvgIpc) is 2.68. The van der Waals surface area contributed by atoms with Crippen molar-refractivity contribution in [2.24, 2.45) is 0 Å². The van der Waals surface area contributed by atoms with Gasteiger partial charge in [0.2, 0.25) is 0 Å². The van der Waals surface area contributed by atoms with Crippen LogP contribution in [0.2, 0.25) is 0 Å². The molecule has 0 spiro atoms. The Labute approximate surface area is 108 Å². The summed E-state index contributed by atoms with van der Waals surface area (Å²) in [5.41, 5.74) is 3.91. The van der Waals surface area contributed by atoms with E-state index in [2.05, 4.69) is 10.6 Å². The van der Waals surface area contributed by atoms with E-state index in [0.29, 0.717) is 0 Å². The predicted octanol–water partition coefficient (Wildman–Crippen LogP) is 3.31. The van der Waals surface area contributed by atoms with Gasteiger partial charge in [-0.2, -0.15) is 0 Å². The first-order chi connectivity index (χ1) is 8.37. The molecule has 0 saturated heterocycles. The Morgan fingerprint density at radius 1 is 1.39 bits per heavy atom. The number of rotatable bonds is 1. The molecule has 1 heterocycles.